The summed E-state index contributed by atoms with van der Waals surface area (Å²) in [6, 6.07) is -4.67. The third kappa shape index (κ3) is 7.04. The molecule has 0 bridgehead atoms. The molecule has 2 unspecified atom stereocenters. The van der Waals surface area contributed by atoms with E-state index in [0.29, 0.717) is 12.8 Å². The lowest BCUT2D eigenvalue weighted by Crippen LogP contribution is -2.77. The van der Waals surface area contributed by atoms with Crippen LogP contribution in [0.25, 0.3) is 0 Å². The van der Waals surface area contributed by atoms with Crippen LogP contribution in [0.5, 0.6) is 0 Å². The van der Waals surface area contributed by atoms with Gasteiger partial charge in [0.05, 0.1) is 0 Å². The molecule has 0 aromatic rings. The fourth-order valence-corrected chi connectivity index (χ4v) is 19.2. The maximum Gasteiger partial charge on any atom is 0.385 e. The van der Waals surface area contributed by atoms with Gasteiger partial charge >= 0.3 is 47.5 Å². The summed E-state index contributed by atoms with van der Waals surface area (Å²) in [6.45, 7) is 1.50. The first-order chi connectivity index (χ1) is 18.6. The number of hydrogen-bond acceptors (Lipinski definition) is 0. The molecule has 0 amide bonds. The Hall–Kier alpha value is 0.114. The standard InChI is InChI=1S/C21H28Cl3F17Si2/c1-5-6-7-8-9-10-11-13(43(22,23)24)42(3,4)21(40,41)20(38,39)19(36,37)18(34,35)17(32,33)16(30,31)15(28,29)14(26,27)12(2)25/h12-13H,5-11H2,1-4H3. The Balaban J connectivity index is 6.90. The number of unbranched alkanes of at least 4 members (excludes halogenated alkanes) is 5. The van der Waals surface area contributed by atoms with Crippen molar-refractivity contribution in [2.75, 3.05) is 0 Å². The van der Waals surface area contributed by atoms with Crippen LogP contribution in [0.4, 0.5) is 74.6 Å². The largest absolute Gasteiger partial charge is 0.385 e. The molecule has 0 fully saturated rings. The monoisotopic (exact) mass is 764 g/mol. The van der Waals surface area contributed by atoms with E-state index in [1.807, 2.05) is 6.92 Å². The van der Waals surface area contributed by atoms with E-state index in [0.717, 1.165) is 12.8 Å². The fourth-order valence-electron chi connectivity index (χ4n) is 4.13. The molecule has 0 spiro atoms. The van der Waals surface area contributed by atoms with Crippen molar-refractivity contribution in [2.45, 2.75) is 130 Å². The third-order valence-electron chi connectivity index (χ3n) is 7.21. The third-order valence-corrected chi connectivity index (χ3v) is 19.7. The molecule has 0 heterocycles. The summed E-state index contributed by atoms with van der Waals surface area (Å²) in [5, 5.41) is -2.17. The Bertz CT molecular complexity index is 921. The predicted molar refractivity (Wildman–Crippen MR) is 133 cm³/mol. The molecule has 0 nitrogen and oxygen atoms in total. The van der Waals surface area contributed by atoms with Crippen LogP contribution in [0.3, 0.4) is 0 Å². The van der Waals surface area contributed by atoms with Gasteiger partial charge in [-0.2, -0.15) is 61.5 Å². The molecular formula is C21H28Cl3F17Si2. The molecule has 260 valence electrons. The van der Waals surface area contributed by atoms with E-state index in [-0.39, 0.29) is 25.9 Å². The van der Waals surface area contributed by atoms with Crippen molar-refractivity contribution in [3.05, 3.63) is 0 Å². The first-order valence-corrected chi connectivity index (χ1v) is 20.6. The minimum Gasteiger partial charge on any atom is -0.241 e. The van der Waals surface area contributed by atoms with Crippen molar-refractivity contribution in [1.29, 1.82) is 0 Å². The van der Waals surface area contributed by atoms with E-state index in [1.54, 1.807) is 0 Å². The molecule has 0 saturated carbocycles. The van der Waals surface area contributed by atoms with Crippen molar-refractivity contribution in [3.8, 4) is 0 Å². The van der Waals surface area contributed by atoms with E-state index in [2.05, 4.69) is 0 Å². The van der Waals surface area contributed by atoms with E-state index in [1.165, 1.54) is 0 Å². The smallest absolute Gasteiger partial charge is 0.241 e. The van der Waals surface area contributed by atoms with Crippen molar-refractivity contribution in [2.24, 2.45) is 0 Å². The van der Waals surface area contributed by atoms with Crippen molar-refractivity contribution in [3.63, 3.8) is 0 Å². The maximum absolute atomic E-state index is 15.3. The highest BCUT2D eigenvalue weighted by molar-refractivity contribution is 7.67. The molecule has 0 radical (unpaired) electrons. The first kappa shape index (κ1) is 43.1. The van der Waals surface area contributed by atoms with Gasteiger partial charge in [0.2, 0.25) is 0 Å². The van der Waals surface area contributed by atoms with Crippen LogP contribution >= 0.6 is 33.2 Å². The quantitative estimate of drug-likeness (QED) is 0.0564. The molecule has 0 aliphatic rings. The number of alkyl halides is 17. The molecule has 0 aromatic heterocycles. The van der Waals surface area contributed by atoms with E-state index < -0.39 is 85.8 Å². The molecule has 0 aliphatic heterocycles. The van der Waals surface area contributed by atoms with Gasteiger partial charge in [-0.25, -0.2) is 13.2 Å². The molecule has 22 heteroatoms. The maximum atomic E-state index is 15.3. The van der Waals surface area contributed by atoms with Gasteiger partial charge in [0.1, 0.15) is 8.07 Å². The molecule has 2 atom stereocenters. The summed E-state index contributed by atoms with van der Waals surface area (Å²) in [5.74, 6) is -56.6. The Morgan fingerprint density at radius 3 is 1.21 bits per heavy atom. The summed E-state index contributed by atoms with van der Waals surface area (Å²) in [7, 11) is -5.76. The number of rotatable bonds is 18. The van der Waals surface area contributed by atoms with Gasteiger partial charge in [-0.15, -0.1) is 33.2 Å². The normalized spacial score (nSPS) is 17.3. The summed E-state index contributed by atoms with van der Waals surface area (Å²) in [4.78, 5) is 0. The molecular weight excluding hydrogens is 738 g/mol. The molecule has 0 aromatic carbocycles. The highest BCUT2D eigenvalue weighted by Gasteiger charge is 2.96. The zero-order valence-electron chi connectivity index (χ0n) is 22.7. The molecule has 0 saturated heterocycles. The Morgan fingerprint density at radius 1 is 0.535 bits per heavy atom. The summed E-state index contributed by atoms with van der Waals surface area (Å²) >= 11 is 17.2. The summed E-state index contributed by atoms with van der Waals surface area (Å²) in [6.07, 6.45) is -2.53. The van der Waals surface area contributed by atoms with Gasteiger partial charge in [0.15, 0.2) is 6.17 Å². The van der Waals surface area contributed by atoms with Crippen LogP contribution in [0.2, 0.25) is 18.3 Å². The van der Waals surface area contributed by atoms with Crippen LogP contribution in [-0.2, 0) is 0 Å². The zero-order valence-corrected chi connectivity index (χ0v) is 26.9. The van der Waals surface area contributed by atoms with E-state index in [4.69, 9.17) is 33.2 Å². The number of halogens is 20. The van der Waals surface area contributed by atoms with Gasteiger partial charge in [-0.3, -0.25) is 0 Å². The fraction of sp³-hybridized carbons (Fsp3) is 1.00. The summed E-state index contributed by atoms with van der Waals surface area (Å²) in [5.41, 5.74) is -6.51. The average molecular weight is 766 g/mol. The Morgan fingerprint density at radius 2 is 0.860 bits per heavy atom. The molecule has 0 rings (SSSR count). The van der Waals surface area contributed by atoms with Crippen LogP contribution in [0.15, 0.2) is 0 Å². The highest BCUT2D eigenvalue weighted by atomic mass is 35.8. The van der Waals surface area contributed by atoms with Gasteiger partial charge < -0.3 is 0 Å². The Kier molecular flexibility index (Phi) is 13.4. The van der Waals surface area contributed by atoms with Gasteiger partial charge in [0, 0.05) is 0 Å². The SMILES string of the molecule is CCCCCCCCC([Si](Cl)(Cl)Cl)[Si](C)(C)C(F)(F)C(F)(F)C(F)(F)C(F)(F)C(F)(F)C(F)(F)C(F)(F)C(F)(F)C(C)F. The first-order valence-electron chi connectivity index (χ1n) is 12.4. The van der Waals surface area contributed by atoms with Gasteiger partial charge in [0.25, 0.3) is 5.55 Å². The predicted octanol–water partition coefficient (Wildman–Crippen LogP) is 12.0. The average Bonchev–Trinajstić information content (AvgIpc) is 2.81. The topological polar surface area (TPSA) is 0 Å². The Labute approximate surface area is 252 Å². The molecule has 0 aliphatic carbocycles. The second-order valence-electron chi connectivity index (χ2n) is 10.6. The lowest BCUT2D eigenvalue weighted by Gasteiger charge is -2.48. The summed E-state index contributed by atoms with van der Waals surface area (Å²) < 4.78 is 240. The van der Waals surface area contributed by atoms with E-state index >= 15 is 8.78 Å². The van der Waals surface area contributed by atoms with Crippen molar-refractivity contribution in [1.82, 2.24) is 0 Å². The van der Waals surface area contributed by atoms with Gasteiger partial charge in [-0.05, 0) is 12.1 Å². The second kappa shape index (κ2) is 13.3. The van der Waals surface area contributed by atoms with Crippen molar-refractivity contribution < 1.29 is 74.6 Å². The minimum absolute atomic E-state index is 0.138. The lowest BCUT2D eigenvalue weighted by molar-refractivity contribution is -0.451. The minimum atomic E-state index is -8.61. The zero-order chi connectivity index (χ0) is 35.1. The highest BCUT2D eigenvalue weighted by Crippen LogP contribution is 2.66. The lowest BCUT2D eigenvalue weighted by atomic mass is 9.88. The van der Waals surface area contributed by atoms with Crippen molar-refractivity contribution >= 4 is 47.3 Å². The van der Waals surface area contributed by atoms with Crippen LogP contribution < -0.4 is 0 Å². The van der Waals surface area contributed by atoms with Crippen LogP contribution in [0, 0.1) is 0 Å². The second-order valence-corrected chi connectivity index (χ2v) is 24.9. The van der Waals surface area contributed by atoms with E-state index in [9.17, 15) is 65.9 Å². The molecule has 43 heavy (non-hydrogen) atoms. The van der Waals surface area contributed by atoms with Crippen LogP contribution in [-0.4, -0.2) is 67.3 Å². The van der Waals surface area contributed by atoms with Gasteiger partial charge in [-0.1, -0.05) is 65.0 Å². The number of hydrogen-bond donors (Lipinski definition) is 0. The van der Waals surface area contributed by atoms with Crippen LogP contribution in [0.1, 0.15) is 58.8 Å². The molecule has 0 N–H and O–H groups in total.